The number of aromatic nitrogens is 2. The van der Waals surface area contributed by atoms with E-state index in [-0.39, 0.29) is 0 Å². The minimum atomic E-state index is -0.874. The number of nitrogens with two attached hydrogens (primary N) is 1. The summed E-state index contributed by atoms with van der Waals surface area (Å²) in [6.07, 6.45) is 3.11. The molecule has 0 unspecified atom stereocenters. The van der Waals surface area contributed by atoms with Crippen molar-refractivity contribution in [2.24, 2.45) is 5.73 Å². The maximum atomic E-state index is 13.0. The highest BCUT2D eigenvalue weighted by Crippen LogP contribution is 2.26. The minimum absolute atomic E-state index is 0.323. The zero-order chi connectivity index (χ0) is 12.3. The Labute approximate surface area is 101 Å². The quantitative estimate of drug-likeness (QED) is 0.912. The predicted octanol–water partition coefficient (Wildman–Crippen LogP) is 2.36. The Bertz CT molecular complexity index is 517. The second-order valence-electron chi connectivity index (χ2n) is 3.23. The molecule has 0 fully saturated rings. The molecule has 0 bridgehead atoms. The summed E-state index contributed by atoms with van der Waals surface area (Å²) in [7, 11) is 0. The van der Waals surface area contributed by atoms with E-state index in [0.29, 0.717) is 22.2 Å². The van der Waals surface area contributed by atoms with Gasteiger partial charge in [0.25, 0.3) is 0 Å². The maximum absolute atomic E-state index is 13.0. The first kappa shape index (κ1) is 11.9. The first-order valence-electron chi connectivity index (χ1n) is 4.83. The van der Waals surface area contributed by atoms with Crippen molar-refractivity contribution < 1.29 is 8.78 Å². The molecule has 0 spiro atoms. The lowest BCUT2D eigenvalue weighted by atomic mass is 10.3. The molecule has 0 saturated heterocycles. The molecule has 88 valence electrons. The van der Waals surface area contributed by atoms with Crippen LogP contribution in [0, 0.1) is 11.6 Å². The van der Waals surface area contributed by atoms with E-state index >= 15 is 0 Å². The van der Waals surface area contributed by atoms with Gasteiger partial charge in [-0.1, -0.05) is 11.8 Å². The summed E-state index contributed by atoms with van der Waals surface area (Å²) in [5, 5.41) is 0.605. The third-order valence-corrected chi connectivity index (χ3v) is 2.91. The molecule has 17 heavy (non-hydrogen) atoms. The van der Waals surface area contributed by atoms with Crippen LogP contribution < -0.4 is 5.73 Å². The van der Waals surface area contributed by atoms with Gasteiger partial charge in [-0.25, -0.2) is 13.8 Å². The van der Waals surface area contributed by atoms with E-state index in [1.54, 1.807) is 12.4 Å². The third kappa shape index (κ3) is 2.98. The highest BCUT2D eigenvalue weighted by molar-refractivity contribution is 7.99. The van der Waals surface area contributed by atoms with Crippen LogP contribution in [0.4, 0.5) is 8.78 Å². The van der Waals surface area contributed by atoms with Crippen molar-refractivity contribution in [3.63, 3.8) is 0 Å². The molecule has 2 rings (SSSR count). The molecule has 1 aromatic heterocycles. The first-order chi connectivity index (χ1) is 8.19. The number of hydrogen-bond donors (Lipinski definition) is 1. The van der Waals surface area contributed by atoms with Gasteiger partial charge in [-0.3, -0.25) is 4.98 Å². The third-order valence-electron chi connectivity index (χ3n) is 2.00. The van der Waals surface area contributed by atoms with Gasteiger partial charge in [0.2, 0.25) is 0 Å². The Morgan fingerprint density at radius 3 is 2.53 bits per heavy atom. The number of hydrogen-bond acceptors (Lipinski definition) is 4. The molecule has 0 saturated carbocycles. The molecule has 6 heteroatoms. The van der Waals surface area contributed by atoms with Gasteiger partial charge in [-0.05, 0) is 18.2 Å². The van der Waals surface area contributed by atoms with E-state index in [1.807, 2.05) is 0 Å². The van der Waals surface area contributed by atoms with Gasteiger partial charge in [-0.2, -0.15) is 0 Å². The monoisotopic (exact) mass is 253 g/mol. The minimum Gasteiger partial charge on any atom is -0.325 e. The average molecular weight is 253 g/mol. The summed E-state index contributed by atoms with van der Waals surface area (Å²) in [5.41, 5.74) is 6.07. The fraction of sp³-hybridized carbons (Fsp3) is 0.0909. The molecule has 0 atom stereocenters. The lowest BCUT2D eigenvalue weighted by Crippen LogP contribution is -1.99. The molecule has 0 aliphatic rings. The Kier molecular flexibility index (Phi) is 3.65. The van der Waals surface area contributed by atoms with E-state index in [2.05, 4.69) is 9.97 Å². The lowest BCUT2D eigenvalue weighted by molar-refractivity contribution is 0.506. The van der Waals surface area contributed by atoms with Crippen LogP contribution in [-0.2, 0) is 6.54 Å². The number of halogens is 2. The summed E-state index contributed by atoms with van der Waals surface area (Å²) in [6.45, 7) is 0.323. The van der Waals surface area contributed by atoms with E-state index in [4.69, 9.17) is 5.73 Å². The molecule has 1 aromatic carbocycles. The van der Waals surface area contributed by atoms with E-state index in [1.165, 1.54) is 17.8 Å². The van der Waals surface area contributed by atoms with Gasteiger partial charge in [0.15, 0.2) is 11.6 Å². The SMILES string of the molecule is NCc1cnc(Sc2ccc(F)c(F)c2)cn1. The fourth-order valence-electron chi connectivity index (χ4n) is 1.16. The van der Waals surface area contributed by atoms with E-state index < -0.39 is 11.6 Å². The van der Waals surface area contributed by atoms with Crippen LogP contribution in [0.2, 0.25) is 0 Å². The van der Waals surface area contributed by atoms with Gasteiger partial charge >= 0.3 is 0 Å². The van der Waals surface area contributed by atoms with Crippen molar-refractivity contribution in [2.75, 3.05) is 0 Å². The Morgan fingerprint density at radius 1 is 1.12 bits per heavy atom. The van der Waals surface area contributed by atoms with Gasteiger partial charge < -0.3 is 5.73 Å². The molecule has 2 aromatic rings. The van der Waals surface area contributed by atoms with E-state index in [0.717, 1.165) is 12.1 Å². The molecule has 0 radical (unpaired) electrons. The molecule has 0 amide bonds. The topological polar surface area (TPSA) is 51.8 Å². The Morgan fingerprint density at radius 2 is 1.94 bits per heavy atom. The van der Waals surface area contributed by atoms with Crippen LogP contribution in [0.25, 0.3) is 0 Å². The Balaban J connectivity index is 2.16. The van der Waals surface area contributed by atoms with Gasteiger partial charge in [0.1, 0.15) is 5.03 Å². The molecule has 1 heterocycles. The largest absolute Gasteiger partial charge is 0.325 e. The van der Waals surface area contributed by atoms with Crippen molar-refractivity contribution in [1.29, 1.82) is 0 Å². The Hall–Kier alpha value is -1.53. The van der Waals surface area contributed by atoms with Crippen LogP contribution in [-0.4, -0.2) is 9.97 Å². The van der Waals surface area contributed by atoms with Gasteiger partial charge in [0.05, 0.1) is 18.1 Å². The molecule has 0 aliphatic carbocycles. The molecular weight excluding hydrogens is 244 g/mol. The zero-order valence-electron chi connectivity index (χ0n) is 8.73. The fourth-order valence-corrected chi connectivity index (χ4v) is 1.91. The van der Waals surface area contributed by atoms with Crippen molar-refractivity contribution >= 4 is 11.8 Å². The smallest absolute Gasteiger partial charge is 0.159 e. The summed E-state index contributed by atoms with van der Waals surface area (Å²) >= 11 is 1.21. The standard InChI is InChI=1S/C11H9F2N3S/c12-9-2-1-8(3-10(9)13)17-11-6-15-7(4-14)5-16-11/h1-3,5-6H,4,14H2. The van der Waals surface area contributed by atoms with Gasteiger partial charge in [0, 0.05) is 11.4 Å². The number of benzene rings is 1. The maximum Gasteiger partial charge on any atom is 0.159 e. The molecule has 2 N–H and O–H groups in total. The van der Waals surface area contributed by atoms with E-state index in [9.17, 15) is 8.78 Å². The second-order valence-corrected chi connectivity index (χ2v) is 4.32. The lowest BCUT2D eigenvalue weighted by Gasteiger charge is -2.02. The van der Waals surface area contributed by atoms with Crippen molar-refractivity contribution in [3.05, 3.63) is 47.9 Å². The summed E-state index contributed by atoms with van der Waals surface area (Å²) < 4.78 is 25.7. The normalized spacial score (nSPS) is 10.5. The predicted molar refractivity (Wildman–Crippen MR) is 60.4 cm³/mol. The van der Waals surface area contributed by atoms with Crippen LogP contribution in [0.5, 0.6) is 0 Å². The summed E-state index contributed by atoms with van der Waals surface area (Å²) in [6, 6.07) is 3.69. The number of rotatable bonds is 3. The van der Waals surface area contributed by atoms with Crippen LogP contribution in [0.3, 0.4) is 0 Å². The van der Waals surface area contributed by atoms with Gasteiger partial charge in [-0.15, -0.1) is 0 Å². The van der Waals surface area contributed by atoms with Crippen molar-refractivity contribution in [1.82, 2.24) is 9.97 Å². The van der Waals surface area contributed by atoms with Crippen LogP contribution in [0.1, 0.15) is 5.69 Å². The van der Waals surface area contributed by atoms with Crippen molar-refractivity contribution in [3.8, 4) is 0 Å². The molecule has 0 aliphatic heterocycles. The second kappa shape index (κ2) is 5.20. The molecular formula is C11H9F2N3S. The first-order valence-corrected chi connectivity index (χ1v) is 5.64. The summed E-state index contributed by atoms with van der Waals surface area (Å²) in [4.78, 5) is 8.73. The highest BCUT2D eigenvalue weighted by atomic mass is 32.2. The number of nitrogens with zero attached hydrogens (tertiary/aromatic N) is 2. The van der Waals surface area contributed by atoms with Crippen molar-refractivity contribution in [2.45, 2.75) is 16.5 Å². The zero-order valence-corrected chi connectivity index (χ0v) is 9.55. The summed E-state index contributed by atoms with van der Waals surface area (Å²) in [5.74, 6) is -1.74. The van der Waals surface area contributed by atoms with Crippen LogP contribution in [0.15, 0.2) is 40.5 Å². The molecule has 3 nitrogen and oxygen atoms in total. The average Bonchev–Trinajstić information content (AvgIpc) is 2.35. The highest BCUT2D eigenvalue weighted by Gasteiger charge is 2.05. The van der Waals surface area contributed by atoms with Crippen LogP contribution >= 0.6 is 11.8 Å².